The van der Waals surface area contributed by atoms with E-state index in [1.54, 1.807) is 0 Å². The largest absolute Gasteiger partial charge is 0.447 e. The zero-order valence-corrected chi connectivity index (χ0v) is 12.6. The first-order valence-electron chi connectivity index (χ1n) is 7.46. The van der Waals surface area contributed by atoms with E-state index < -0.39 is 0 Å². The fourth-order valence-corrected chi connectivity index (χ4v) is 5.91. The van der Waals surface area contributed by atoms with Gasteiger partial charge in [0.1, 0.15) is 0 Å². The van der Waals surface area contributed by atoms with Crippen LogP contribution in [0.25, 0.3) is 0 Å². The molecule has 1 saturated carbocycles. The van der Waals surface area contributed by atoms with Crippen LogP contribution >= 0.6 is 0 Å². The molecule has 21 heavy (non-hydrogen) atoms. The summed E-state index contributed by atoms with van der Waals surface area (Å²) in [7, 11) is -0.186. The highest BCUT2D eigenvalue weighted by Crippen LogP contribution is 2.47. The number of hydrogen-bond donors (Lipinski definition) is 0. The van der Waals surface area contributed by atoms with Crippen molar-refractivity contribution in [3.05, 3.63) is 48.5 Å². The lowest BCUT2D eigenvalue weighted by Gasteiger charge is -2.26. The Kier molecular flexibility index (Phi) is 3.23. The molecule has 3 heteroatoms. The van der Waals surface area contributed by atoms with Crippen LogP contribution in [0.15, 0.2) is 58.3 Å². The van der Waals surface area contributed by atoms with Gasteiger partial charge in [0.05, 0.1) is 10.9 Å². The molecule has 2 aromatic carbocycles. The van der Waals surface area contributed by atoms with Gasteiger partial charge in [0.2, 0.25) is 9.79 Å². The number of carbonyl (C=O) groups excluding carboxylic acids is 1. The van der Waals surface area contributed by atoms with Gasteiger partial charge in [-0.25, -0.2) is 0 Å². The Morgan fingerprint density at radius 3 is 2.14 bits per heavy atom. The van der Waals surface area contributed by atoms with Crippen LogP contribution in [0, 0.1) is 0 Å². The second-order valence-corrected chi connectivity index (χ2v) is 7.66. The lowest BCUT2D eigenvalue weighted by atomic mass is 9.99. The monoisotopic (exact) mass is 297 g/mol. The van der Waals surface area contributed by atoms with Crippen LogP contribution in [0.5, 0.6) is 11.5 Å². The first-order chi connectivity index (χ1) is 10.3. The molecule has 1 atom stereocenters. The zero-order valence-electron chi connectivity index (χ0n) is 11.7. The summed E-state index contributed by atoms with van der Waals surface area (Å²) in [6, 6.07) is 16.4. The first-order valence-corrected chi connectivity index (χ1v) is 8.75. The summed E-state index contributed by atoms with van der Waals surface area (Å²) in [6.45, 7) is 0. The maximum atomic E-state index is 12.5. The van der Waals surface area contributed by atoms with E-state index in [0.29, 0.717) is 5.78 Å². The van der Waals surface area contributed by atoms with Crippen LogP contribution in [0.1, 0.15) is 25.7 Å². The molecule has 0 spiro atoms. The molecule has 0 aromatic heterocycles. The van der Waals surface area contributed by atoms with Crippen molar-refractivity contribution in [2.24, 2.45) is 0 Å². The van der Waals surface area contributed by atoms with Gasteiger partial charge < -0.3 is 4.74 Å². The molecule has 1 aliphatic carbocycles. The summed E-state index contributed by atoms with van der Waals surface area (Å²) >= 11 is 0. The predicted molar refractivity (Wildman–Crippen MR) is 84.1 cm³/mol. The summed E-state index contributed by atoms with van der Waals surface area (Å²) < 4.78 is 6.03. The van der Waals surface area contributed by atoms with E-state index >= 15 is 0 Å². The summed E-state index contributed by atoms with van der Waals surface area (Å²) in [6.07, 6.45) is 3.95. The number of hydrogen-bond acceptors (Lipinski definition) is 2. The lowest BCUT2D eigenvalue weighted by molar-refractivity contribution is -0.119. The summed E-state index contributed by atoms with van der Waals surface area (Å²) in [5.74, 6) is 2.26. The van der Waals surface area contributed by atoms with Crippen molar-refractivity contribution in [3.8, 4) is 11.5 Å². The van der Waals surface area contributed by atoms with Crippen molar-refractivity contribution < 1.29 is 9.53 Å². The third-order valence-electron chi connectivity index (χ3n) is 4.18. The van der Waals surface area contributed by atoms with Gasteiger partial charge in [-0.15, -0.1) is 0 Å². The Morgan fingerprint density at radius 2 is 1.52 bits per heavy atom. The number of rotatable bonds is 1. The molecule has 0 bridgehead atoms. The predicted octanol–water partition coefficient (Wildman–Crippen LogP) is 4.34. The van der Waals surface area contributed by atoms with Crippen LogP contribution in [-0.2, 0) is 15.7 Å². The molecule has 106 valence electrons. The highest BCUT2D eigenvalue weighted by molar-refractivity contribution is 7.98. The molecule has 0 N–H and O–H groups in total. The Morgan fingerprint density at radius 1 is 0.905 bits per heavy atom. The molecule has 1 fully saturated rings. The van der Waals surface area contributed by atoms with Crippen LogP contribution in [0.3, 0.4) is 0 Å². The molecular weight excluding hydrogens is 280 g/mol. The van der Waals surface area contributed by atoms with Gasteiger partial charge in [0.25, 0.3) is 0 Å². The molecule has 2 nitrogen and oxygen atoms in total. The minimum Gasteiger partial charge on any atom is -0.447 e. The number of ether oxygens (including phenoxy) is 1. The second-order valence-electron chi connectivity index (χ2n) is 5.53. The molecular formula is C18H17O2S+. The number of fused-ring (bicyclic) bond motifs is 2. The normalized spacial score (nSPS) is 21.3. The highest BCUT2D eigenvalue weighted by Gasteiger charge is 2.47. The van der Waals surface area contributed by atoms with E-state index in [1.165, 1.54) is 9.79 Å². The van der Waals surface area contributed by atoms with Crippen LogP contribution in [0.2, 0.25) is 0 Å². The van der Waals surface area contributed by atoms with Gasteiger partial charge >= 0.3 is 0 Å². The third kappa shape index (κ3) is 2.16. The number of ketones is 1. The Balaban J connectivity index is 1.87. The average Bonchev–Trinajstić information content (AvgIpc) is 2.53. The number of para-hydroxylation sites is 2. The molecule has 1 heterocycles. The van der Waals surface area contributed by atoms with E-state index in [9.17, 15) is 4.79 Å². The van der Waals surface area contributed by atoms with Gasteiger partial charge in [-0.1, -0.05) is 24.3 Å². The molecule has 4 rings (SSSR count). The molecule has 1 aliphatic heterocycles. The molecule has 2 aromatic rings. The first kappa shape index (κ1) is 13.0. The van der Waals surface area contributed by atoms with Crippen molar-refractivity contribution in [3.63, 3.8) is 0 Å². The maximum Gasteiger partial charge on any atom is 0.203 e. The van der Waals surface area contributed by atoms with Crippen LogP contribution < -0.4 is 4.74 Å². The van der Waals surface area contributed by atoms with E-state index in [2.05, 4.69) is 12.1 Å². The third-order valence-corrected chi connectivity index (χ3v) is 6.87. The van der Waals surface area contributed by atoms with Gasteiger partial charge in [-0.3, -0.25) is 4.79 Å². The van der Waals surface area contributed by atoms with Gasteiger partial charge in [-0.2, -0.15) is 0 Å². The molecule has 1 unspecified atom stereocenters. The zero-order chi connectivity index (χ0) is 14.2. The van der Waals surface area contributed by atoms with Crippen molar-refractivity contribution >= 4 is 16.7 Å². The van der Waals surface area contributed by atoms with Crippen LogP contribution in [-0.4, -0.2) is 11.0 Å². The van der Waals surface area contributed by atoms with E-state index in [4.69, 9.17) is 4.74 Å². The lowest BCUT2D eigenvalue weighted by Crippen LogP contribution is -2.34. The smallest absolute Gasteiger partial charge is 0.203 e. The molecule has 0 saturated heterocycles. The summed E-state index contributed by atoms with van der Waals surface area (Å²) in [4.78, 5) is 14.9. The second kappa shape index (κ2) is 5.23. The number of carbonyl (C=O) groups is 1. The summed E-state index contributed by atoms with van der Waals surface area (Å²) in [5.41, 5.74) is 0. The van der Waals surface area contributed by atoms with Gasteiger partial charge in [0.15, 0.2) is 22.5 Å². The van der Waals surface area contributed by atoms with Crippen molar-refractivity contribution in [2.75, 3.05) is 0 Å². The SMILES string of the molecule is O=C1CCCCC1[S+]1c2ccccc2Oc2ccccc21. The summed E-state index contributed by atoms with van der Waals surface area (Å²) in [5, 5.41) is 0.130. The highest BCUT2D eigenvalue weighted by atomic mass is 32.2. The fourth-order valence-electron chi connectivity index (χ4n) is 3.18. The molecule has 0 radical (unpaired) electrons. The Labute approximate surface area is 127 Å². The number of Topliss-reactive ketones (excluding diaryl/α,β-unsaturated/α-hetero) is 1. The fraction of sp³-hybridized carbons (Fsp3) is 0.278. The Bertz CT molecular complexity index is 650. The average molecular weight is 297 g/mol. The van der Waals surface area contributed by atoms with E-state index in [-0.39, 0.29) is 16.1 Å². The topological polar surface area (TPSA) is 26.3 Å². The molecule has 2 aliphatic rings. The standard InChI is InChI=1S/C18H17O2S/c19-13-7-1-4-10-16(13)21-17-11-5-2-8-14(17)20-15-9-3-6-12-18(15)21/h2-3,5-6,8-9,11-12,16H,1,4,7,10H2/q+1. The van der Waals surface area contributed by atoms with Crippen molar-refractivity contribution in [2.45, 2.75) is 40.7 Å². The minimum absolute atomic E-state index is 0.130. The quantitative estimate of drug-likeness (QED) is 0.732. The molecule has 0 amide bonds. The number of benzene rings is 2. The van der Waals surface area contributed by atoms with Gasteiger partial charge in [-0.05, 0) is 37.1 Å². The maximum absolute atomic E-state index is 12.5. The van der Waals surface area contributed by atoms with E-state index in [1.807, 2.05) is 36.4 Å². The minimum atomic E-state index is -0.186. The van der Waals surface area contributed by atoms with Gasteiger partial charge in [0, 0.05) is 12.8 Å². The van der Waals surface area contributed by atoms with Crippen LogP contribution in [0.4, 0.5) is 0 Å². The van der Waals surface area contributed by atoms with Crippen molar-refractivity contribution in [1.29, 1.82) is 0 Å². The van der Waals surface area contributed by atoms with E-state index in [0.717, 1.165) is 37.2 Å². The Hall–Kier alpha value is -1.74. The van der Waals surface area contributed by atoms with Crippen molar-refractivity contribution in [1.82, 2.24) is 0 Å².